The lowest BCUT2D eigenvalue weighted by molar-refractivity contribution is 0.0946. The van der Waals surface area contributed by atoms with E-state index in [4.69, 9.17) is 0 Å². The van der Waals surface area contributed by atoms with Crippen LogP contribution in [-0.2, 0) is 6.54 Å². The average molecular weight is 337 g/mol. The first-order chi connectivity index (χ1) is 12.2. The molecular formula is C21H27N3O. The van der Waals surface area contributed by atoms with Crippen molar-refractivity contribution in [3.8, 4) is 0 Å². The summed E-state index contributed by atoms with van der Waals surface area (Å²) in [4.78, 5) is 16.6. The molecule has 0 unspecified atom stereocenters. The lowest BCUT2D eigenvalue weighted by Crippen LogP contribution is -2.24. The number of amides is 1. The first kappa shape index (κ1) is 17.5. The van der Waals surface area contributed by atoms with E-state index < -0.39 is 0 Å². The number of nitrogens with zero attached hydrogens (tertiary/aromatic N) is 1. The molecule has 0 spiro atoms. The van der Waals surface area contributed by atoms with Gasteiger partial charge >= 0.3 is 0 Å². The van der Waals surface area contributed by atoms with E-state index >= 15 is 0 Å². The number of aryl methyl sites for hydroxylation is 1. The summed E-state index contributed by atoms with van der Waals surface area (Å²) in [6.45, 7) is 2.57. The summed E-state index contributed by atoms with van der Waals surface area (Å²) in [5.41, 5.74) is 3.77. The van der Waals surface area contributed by atoms with Crippen LogP contribution in [0.4, 0.5) is 5.69 Å². The van der Waals surface area contributed by atoms with Gasteiger partial charge in [-0.1, -0.05) is 49.9 Å². The van der Waals surface area contributed by atoms with Gasteiger partial charge in [0.2, 0.25) is 0 Å². The number of aromatic nitrogens is 1. The normalized spacial score (nSPS) is 15.4. The molecule has 1 amide bonds. The van der Waals surface area contributed by atoms with Crippen molar-refractivity contribution in [2.45, 2.75) is 58.0 Å². The molecule has 0 aliphatic heterocycles. The van der Waals surface area contributed by atoms with Gasteiger partial charge in [-0.3, -0.25) is 4.79 Å². The van der Waals surface area contributed by atoms with Crippen LogP contribution in [0.3, 0.4) is 0 Å². The fourth-order valence-corrected chi connectivity index (χ4v) is 3.35. The summed E-state index contributed by atoms with van der Waals surface area (Å²) in [7, 11) is 0. The summed E-state index contributed by atoms with van der Waals surface area (Å²) < 4.78 is 0. The zero-order chi connectivity index (χ0) is 17.5. The Morgan fingerprint density at radius 2 is 1.84 bits per heavy atom. The molecule has 4 nitrogen and oxygen atoms in total. The predicted molar refractivity (Wildman–Crippen MR) is 102 cm³/mol. The van der Waals surface area contributed by atoms with Crippen LogP contribution in [0.5, 0.6) is 0 Å². The molecular weight excluding hydrogens is 310 g/mol. The van der Waals surface area contributed by atoms with E-state index in [1.165, 1.54) is 44.1 Å². The van der Waals surface area contributed by atoms with Gasteiger partial charge in [0.05, 0.1) is 11.9 Å². The van der Waals surface area contributed by atoms with Gasteiger partial charge in [0.15, 0.2) is 0 Å². The lowest BCUT2D eigenvalue weighted by Gasteiger charge is -2.17. The number of carbonyl (C=O) groups is 1. The van der Waals surface area contributed by atoms with Crippen LogP contribution in [0.15, 0.2) is 42.6 Å². The number of rotatable bonds is 5. The van der Waals surface area contributed by atoms with Crippen LogP contribution in [0, 0.1) is 6.92 Å². The van der Waals surface area contributed by atoms with Crippen LogP contribution in [-0.4, -0.2) is 16.9 Å². The highest BCUT2D eigenvalue weighted by Gasteiger charge is 2.13. The Kier molecular flexibility index (Phi) is 6.04. The highest BCUT2D eigenvalue weighted by Crippen LogP contribution is 2.20. The predicted octanol–water partition coefficient (Wildman–Crippen LogP) is 4.45. The van der Waals surface area contributed by atoms with E-state index in [0.29, 0.717) is 18.3 Å². The van der Waals surface area contributed by atoms with Crippen molar-refractivity contribution in [1.82, 2.24) is 10.3 Å². The monoisotopic (exact) mass is 337 g/mol. The molecule has 1 fully saturated rings. The van der Waals surface area contributed by atoms with Crippen LogP contribution in [0.1, 0.15) is 60.1 Å². The molecule has 0 saturated heterocycles. The third-order valence-corrected chi connectivity index (χ3v) is 4.92. The van der Waals surface area contributed by atoms with E-state index in [2.05, 4.69) is 15.6 Å². The Balaban J connectivity index is 1.54. The summed E-state index contributed by atoms with van der Waals surface area (Å²) in [6, 6.07) is 12.4. The first-order valence-electron chi connectivity index (χ1n) is 9.27. The Hall–Kier alpha value is -2.36. The van der Waals surface area contributed by atoms with Crippen molar-refractivity contribution in [2.75, 3.05) is 5.32 Å². The van der Waals surface area contributed by atoms with E-state index in [0.717, 1.165) is 11.3 Å². The zero-order valence-corrected chi connectivity index (χ0v) is 14.9. The largest absolute Gasteiger partial charge is 0.381 e. The van der Waals surface area contributed by atoms with E-state index in [1.54, 1.807) is 12.3 Å². The molecule has 132 valence electrons. The van der Waals surface area contributed by atoms with Gasteiger partial charge in [0.25, 0.3) is 5.91 Å². The number of hydrogen-bond acceptors (Lipinski definition) is 3. The summed E-state index contributed by atoms with van der Waals surface area (Å²) >= 11 is 0. The topological polar surface area (TPSA) is 54.0 Å². The third-order valence-electron chi connectivity index (χ3n) is 4.92. The molecule has 2 aromatic rings. The molecule has 1 aliphatic rings. The average Bonchev–Trinajstić information content (AvgIpc) is 2.90. The van der Waals surface area contributed by atoms with Gasteiger partial charge in [-0.05, 0) is 43.0 Å². The van der Waals surface area contributed by atoms with Crippen molar-refractivity contribution in [3.05, 3.63) is 59.4 Å². The Labute approximate surface area is 150 Å². The zero-order valence-electron chi connectivity index (χ0n) is 14.9. The minimum atomic E-state index is -0.135. The quantitative estimate of drug-likeness (QED) is 0.792. The van der Waals surface area contributed by atoms with Crippen molar-refractivity contribution in [3.63, 3.8) is 0 Å². The van der Waals surface area contributed by atoms with E-state index in [9.17, 15) is 4.79 Å². The van der Waals surface area contributed by atoms with Gasteiger partial charge in [-0.15, -0.1) is 0 Å². The Bertz CT molecular complexity index is 689. The molecule has 0 bridgehead atoms. The van der Waals surface area contributed by atoms with Crippen molar-refractivity contribution in [2.24, 2.45) is 0 Å². The summed E-state index contributed by atoms with van der Waals surface area (Å²) in [5.74, 6) is -0.135. The fourth-order valence-electron chi connectivity index (χ4n) is 3.35. The van der Waals surface area contributed by atoms with Crippen molar-refractivity contribution >= 4 is 11.6 Å². The standard InChI is InChI=1S/C21H27N3O/c1-16-8-6-7-9-17(16)14-23-21(25)20-13-12-19(15-22-20)24-18-10-4-2-3-5-11-18/h6-9,12-13,15,18,24H,2-5,10-11,14H2,1H3,(H,23,25). The van der Waals surface area contributed by atoms with Crippen molar-refractivity contribution in [1.29, 1.82) is 0 Å². The highest BCUT2D eigenvalue weighted by atomic mass is 16.1. The Morgan fingerprint density at radius 1 is 1.08 bits per heavy atom. The summed E-state index contributed by atoms with van der Waals surface area (Å²) in [5, 5.41) is 6.50. The number of pyridine rings is 1. The minimum Gasteiger partial charge on any atom is -0.381 e. The number of nitrogens with one attached hydrogen (secondary N) is 2. The fraction of sp³-hybridized carbons (Fsp3) is 0.429. The SMILES string of the molecule is Cc1ccccc1CNC(=O)c1ccc(NC2CCCCCC2)cn1. The second-order valence-electron chi connectivity index (χ2n) is 6.87. The Morgan fingerprint density at radius 3 is 2.52 bits per heavy atom. The second-order valence-corrected chi connectivity index (χ2v) is 6.87. The number of hydrogen-bond donors (Lipinski definition) is 2. The minimum absolute atomic E-state index is 0.135. The molecule has 25 heavy (non-hydrogen) atoms. The molecule has 1 aromatic carbocycles. The molecule has 0 radical (unpaired) electrons. The van der Waals surface area contributed by atoms with Gasteiger partial charge in [-0.2, -0.15) is 0 Å². The number of benzene rings is 1. The van der Waals surface area contributed by atoms with Crippen LogP contribution in [0.2, 0.25) is 0 Å². The molecule has 4 heteroatoms. The molecule has 1 aromatic heterocycles. The van der Waals surface area contributed by atoms with E-state index in [-0.39, 0.29) is 5.91 Å². The van der Waals surface area contributed by atoms with Gasteiger partial charge in [0, 0.05) is 12.6 Å². The molecule has 3 rings (SSSR count). The maximum Gasteiger partial charge on any atom is 0.270 e. The van der Waals surface area contributed by atoms with Crippen LogP contribution < -0.4 is 10.6 Å². The van der Waals surface area contributed by atoms with Crippen LogP contribution >= 0.6 is 0 Å². The van der Waals surface area contributed by atoms with Crippen LogP contribution in [0.25, 0.3) is 0 Å². The number of anilines is 1. The lowest BCUT2D eigenvalue weighted by atomic mass is 10.1. The highest BCUT2D eigenvalue weighted by molar-refractivity contribution is 5.92. The smallest absolute Gasteiger partial charge is 0.270 e. The molecule has 2 N–H and O–H groups in total. The maximum atomic E-state index is 12.3. The maximum absolute atomic E-state index is 12.3. The van der Waals surface area contributed by atoms with Gasteiger partial charge < -0.3 is 10.6 Å². The summed E-state index contributed by atoms with van der Waals surface area (Å²) in [6.07, 6.45) is 9.49. The van der Waals surface area contributed by atoms with Gasteiger partial charge in [0.1, 0.15) is 5.69 Å². The third kappa shape index (κ3) is 5.05. The molecule has 1 heterocycles. The molecule has 1 saturated carbocycles. The second kappa shape index (κ2) is 8.65. The first-order valence-corrected chi connectivity index (χ1v) is 9.27. The number of carbonyl (C=O) groups excluding carboxylic acids is 1. The molecule has 0 atom stereocenters. The van der Waals surface area contributed by atoms with Crippen molar-refractivity contribution < 1.29 is 4.79 Å². The van der Waals surface area contributed by atoms with E-state index in [1.807, 2.05) is 37.3 Å². The van der Waals surface area contributed by atoms with Gasteiger partial charge in [-0.25, -0.2) is 4.98 Å². The molecule has 1 aliphatic carbocycles.